The molecule has 0 radical (unpaired) electrons. The molecule has 0 saturated heterocycles. The molecule has 0 fully saturated rings. The van der Waals surface area contributed by atoms with Crippen LogP contribution in [0, 0.1) is 3.57 Å². The zero-order chi connectivity index (χ0) is 14.3. The summed E-state index contributed by atoms with van der Waals surface area (Å²) in [5, 5.41) is 0. The lowest BCUT2D eigenvalue weighted by Gasteiger charge is -2.10. The summed E-state index contributed by atoms with van der Waals surface area (Å²) < 4.78 is 9.26. The predicted molar refractivity (Wildman–Crippen MR) is 92.5 cm³/mol. The van der Waals surface area contributed by atoms with Gasteiger partial charge in [0.25, 0.3) is 0 Å². The summed E-state index contributed by atoms with van der Waals surface area (Å²) in [4.78, 5) is 4.42. The van der Waals surface area contributed by atoms with Crippen molar-refractivity contribution in [2.24, 2.45) is 0 Å². The van der Waals surface area contributed by atoms with E-state index in [0.29, 0.717) is 5.95 Å². The minimum absolute atomic E-state index is 0.455. The van der Waals surface area contributed by atoms with Crippen molar-refractivity contribution in [3.05, 3.63) is 44.4 Å². The third-order valence-corrected chi connectivity index (χ3v) is 4.38. The summed E-state index contributed by atoms with van der Waals surface area (Å²) in [5.41, 5.74) is 8.84. The number of benzene rings is 2. The van der Waals surface area contributed by atoms with E-state index >= 15 is 0 Å². The Kier molecular flexibility index (Phi) is 3.59. The van der Waals surface area contributed by atoms with E-state index in [4.69, 9.17) is 10.5 Å². The number of nitrogens with zero attached hydrogens (tertiary/aromatic N) is 2. The summed E-state index contributed by atoms with van der Waals surface area (Å²) in [6, 6.07) is 11.8. The van der Waals surface area contributed by atoms with Crippen LogP contribution in [0.3, 0.4) is 0 Å². The second kappa shape index (κ2) is 5.25. The molecule has 1 heterocycles. The SMILES string of the molecule is COc1ccc(Br)c(-n2c(N)nc3cc(I)ccc32)c1. The Morgan fingerprint density at radius 2 is 2.05 bits per heavy atom. The van der Waals surface area contributed by atoms with E-state index in [0.717, 1.165) is 30.5 Å². The van der Waals surface area contributed by atoms with Gasteiger partial charge in [-0.2, -0.15) is 0 Å². The average molecular weight is 444 g/mol. The van der Waals surface area contributed by atoms with E-state index in [-0.39, 0.29) is 0 Å². The number of rotatable bonds is 2. The van der Waals surface area contributed by atoms with Crippen molar-refractivity contribution in [1.29, 1.82) is 0 Å². The highest BCUT2D eigenvalue weighted by Gasteiger charge is 2.13. The van der Waals surface area contributed by atoms with E-state index in [1.165, 1.54) is 0 Å². The fourth-order valence-corrected chi connectivity index (χ4v) is 3.01. The minimum atomic E-state index is 0.455. The highest BCUT2D eigenvalue weighted by atomic mass is 127. The number of hydrogen-bond donors (Lipinski definition) is 1. The molecular weight excluding hydrogens is 433 g/mol. The zero-order valence-electron chi connectivity index (χ0n) is 10.6. The van der Waals surface area contributed by atoms with Crippen LogP contribution in [-0.4, -0.2) is 16.7 Å². The standard InChI is InChI=1S/C14H11BrIN3O/c1-20-9-3-4-10(15)13(7-9)19-12-5-2-8(16)6-11(12)18-14(19)17/h2-7H,1H3,(H2,17,18). The number of imidazole rings is 1. The largest absolute Gasteiger partial charge is 0.497 e. The summed E-state index contributed by atoms with van der Waals surface area (Å²) in [5.74, 6) is 1.23. The molecule has 0 aliphatic carbocycles. The van der Waals surface area contributed by atoms with E-state index < -0.39 is 0 Å². The Morgan fingerprint density at radius 1 is 1.25 bits per heavy atom. The molecule has 0 aliphatic heterocycles. The number of hydrogen-bond acceptors (Lipinski definition) is 3. The molecule has 20 heavy (non-hydrogen) atoms. The maximum absolute atomic E-state index is 6.08. The van der Waals surface area contributed by atoms with Crippen molar-refractivity contribution in [2.45, 2.75) is 0 Å². The third-order valence-electron chi connectivity index (χ3n) is 3.04. The summed E-state index contributed by atoms with van der Waals surface area (Å²) in [6.07, 6.45) is 0. The lowest BCUT2D eigenvalue weighted by Crippen LogP contribution is -2.01. The van der Waals surface area contributed by atoms with Crippen molar-refractivity contribution < 1.29 is 4.74 Å². The van der Waals surface area contributed by atoms with Crippen LogP contribution in [0.2, 0.25) is 0 Å². The number of methoxy groups -OCH3 is 1. The zero-order valence-corrected chi connectivity index (χ0v) is 14.3. The van der Waals surface area contributed by atoms with E-state index in [9.17, 15) is 0 Å². The van der Waals surface area contributed by atoms with Crippen molar-refractivity contribution in [2.75, 3.05) is 12.8 Å². The van der Waals surface area contributed by atoms with Gasteiger partial charge < -0.3 is 10.5 Å². The number of nitrogens with two attached hydrogens (primary N) is 1. The van der Waals surface area contributed by atoms with Crippen molar-refractivity contribution in [1.82, 2.24) is 9.55 Å². The van der Waals surface area contributed by atoms with Crippen LogP contribution >= 0.6 is 38.5 Å². The monoisotopic (exact) mass is 443 g/mol. The van der Waals surface area contributed by atoms with Gasteiger partial charge in [0, 0.05) is 14.1 Å². The molecule has 2 N–H and O–H groups in total. The average Bonchev–Trinajstić information content (AvgIpc) is 2.74. The Labute approximate surface area is 138 Å². The number of halogens is 2. The van der Waals surface area contributed by atoms with Gasteiger partial charge in [-0.25, -0.2) is 4.98 Å². The maximum atomic E-state index is 6.08. The Morgan fingerprint density at radius 3 is 2.80 bits per heavy atom. The summed E-state index contributed by atoms with van der Waals surface area (Å²) in [6.45, 7) is 0. The third kappa shape index (κ3) is 2.26. The number of fused-ring (bicyclic) bond motifs is 1. The van der Waals surface area contributed by atoms with Crippen LogP contribution in [-0.2, 0) is 0 Å². The highest BCUT2D eigenvalue weighted by Crippen LogP contribution is 2.31. The smallest absolute Gasteiger partial charge is 0.205 e. The fraction of sp³-hybridized carbons (Fsp3) is 0.0714. The van der Waals surface area contributed by atoms with Gasteiger partial charge in [0.15, 0.2) is 0 Å². The molecule has 0 bridgehead atoms. The van der Waals surface area contributed by atoms with Gasteiger partial charge in [-0.1, -0.05) is 0 Å². The Bertz CT molecular complexity index is 800. The minimum Gasteiger partial charge on any atom is -0.497 e. The quantitative estimate of drug-likeness (QED) is 0.609. The van der Waals surface area contributed by atoms with Gasteiger partial charge in [-0.15, -0.1) is 0 Å². The van der Waals surface area contributed by atoms with E-state index in [2.05, 4.69) is 43.5 Å². The van der Waals surface area contributed by atoms with Gasteiger partial charge >= 0.3 is 0 Å². The molecule has 0 amide bonds. The molecule has 102 valence electrons. The molecule has 0 aliphatic rings. The predicted octanol–water partition coefficient (Wildman–Crippen LogP) is 3.98. The number of ether oxygens (including phenoxy) is 1. The van der Waals surface area contributed by atoms with Crippen LogP contribution in [0.5, 0.6) is 5.75 Å². The van der Waals surface area contributed by atoms with Crippen molar-refractivity contribution in [3.8, 4) is 11.4 Å². The van der Waals surface area contributed by atoms with Crippen LogP contribution < -0.4 is 10.5 Å². The first-order chi connectivity index (χ1) is 9.60. The van der Waals surface area contributed by atoms with Gasteiger partial charge in [-0.3, -0.25) is 4.57 Å². The molecule has 2 aromatic carbocycles. The molecular formula is C14H11BrIN3O. The van der Waals surface area contributed by atoms with Gasteiger partial charge in [0.1, 0.15) is 5.75 Å². The van der Waals surface area contributed by atoms with E-state index in [1.54, 1.807) is 7.11 Å². The Hall–Kier alpha value is -1.28. The highest BCUT2D eigenvalue weighted by molar-refractivity contribution is 14.1. The van der Waals surface area contributed by atoms with Gasteiger partial charge in [-0.05, 0) is 68.9 Å². The first kappa shape index (κ1) is 13.7. The van der Waals surface area contributed by atoms with Crippen molar-refractivity contribution >= 4 is 55.5 Å². The number of aromatic nitrogens is 2. The lowest BCUT2D eigenvalue weighted by molar-refractivity contribution is 0.414. The molecule has 6 heteroatoms. The molecule has 3 aromatic rings. The fourth-order valence-electron chi connectivity index (χ4n) is 2.12. The van der Waals surface area contributed by atoms with Crippen LogP contribution in [0.15, 0.2) is 40.9 Å². The molecule has 4 nitrogen and oxygen atoms in total. The first-order valence-electron chi connectivity index (χ1n) is 5.87. The molecule has 3 rings (SSSR count). The number of nitrogen functional groups attached to an aromatic ring is 1. The van der Waals surface area contributed by atoms with Crippen LogP contribution in [0.25, 0.3) is 16.7 Å². The summed E-state index contributed by atoms with van der Waals surface area (Å²) in [7, 11) is 1.64. The van der Waals surface area contributed by atoms with Crippen LogP contribution in [0.1, 0.15) is 0 Å². The van der Waals surface area contributed by atoms with Gasteiger partial charge in [0.05, 0.1) is 23.8 Å². The van der Waals surface area contributed by atoms with E-state index in [1.807, 2.05) is 41.0 Å². The topological polar surface area (TPSA) is 53.1 Å². The van der Waals surface area contributed by atoms with Gasteiger partial charge in [0.2, 0.25) is 5.95 Å². The second-order valence-electron chi connectivity index (χ2n) is 4.26. The molecule has 0 spiro atoms. The molecule has 0 saturated carbocycles. The second-order valence-corrected chi connectivity index (χ2v) is 6.36. The molecule has 0 atom stereocenters. The summed E-state index contributed by atoms with van der Waals surface area (Å²) >= 11 is 5.82. The normalized spacial score (nSPS) is 10.9. The molecule has 1 aromatic heterocycles. The van der Waals surface area contributed by atoms with Crippen LogP contribution in [0.4, 0.5) is 5.95 Å². The van der Waals surface area contributed by atoms with Crippen molar-refractivity contribution in [3.63, 3.8) is 0 Å². The molecule has 0 unspecified atom stereocenters. The lowest BCUT2D eigenvalue weighted by atomic mass is 10.2. The maximum Gasteiger partial charge on any atom is 0.205 e. The first-order valence-corrected chi connectivity index (χ1v) is 7.74. The number of anilines is 1. The Balaban J connectivity index is 2.31.